The van der Waals surface area contributed by atoms with Gasteiger partial charge in [0.1, 0.15) is 11.0 Å². The van der Waals surface area contributed by atoms with Crippen molar-refractivity contribution in [3.8, 4) is 5.75 Å². The molecule has 1 amide bonds. The molecule has 0 bridgehead atoms. The second kappa shape index (κ2) is 4.97. The Kier molecular flexibility index (Phi) is 3.50. The third-order valence-corrected chi connectivity index (χ3v) is 5.74. The molecule has 0 spiro atoms. The van der Waals surface area contributed by atoms with Gasteiger partial charge in [0.25, 0.3) is 5.91 Å². The van der Waals surface area contributed by atoms with Gasteiger partial charge in [0.05, 0.1) is 17.7 Å². The molecule has 2 unspecified atom stereocenters. The van der Waals surface area contributed by atoms with Crippen molar-refractivity contribution < 1.29 is 9.53 Å². The minimum atomic E-state index is -0.362. The van der Waals surface area contributed by atoms with Gasteiger partial charge in [-0.1, -0.05) is 11.6 Å². The van der Waals surface area contributed by atoms with Crippen LogP contribution in [0.5, 0.6) is 5.75 Å². The van der Waals surface area contributed by atoms with Crippen LogP contribution in [0, 0.1) is 0 Å². The number of benzene rings is 1. The standard InChI is InChI=1S/C14H18ClN3O2S/c1-14(2)6-9-12(13(19)18(14)16)21-11-5-10(20-3)7(15)4-8(11)17-9/h4-5,9,12,17H,6,16H2,1-3H3. The molecule has 3 rings (SSSR count). The number of fused-ring (bicyclic) bond motifs is 2. The summed E-state index contributed by atoms with van der Waals surface area (Å²) in [6, 6.07) is 3.76. The molecule has 5 nitrogen and oxygen atoms in total. The highest BCUT2D eigenvalue weighted by molar-refractivity contribution is 8.01. The Morgan fingerprint density at radius 3 is 2.90 bits per heavy atom. The van der Waals surface area contributed by atoms with E-state index in [-0.39, 0.29) is 22.7 Å². The maximum Gasteiger partial charge on any atom is 0.252 e. The molecule has 0 radical (unpaired) electrons. The highest BCUT2D eigenvalue weighted by Gasteiger charge is 2.47. The Balaban J connectivity index is 1.98. The predicted molar refractivity (Wildman–Crippen MR) is 84.8 cm³/mol. The van der Waals surface area contributed by atoms with E-state index in [9.17, 15) is 4.79 Å². The molecule has 0 saturated carbocycles. The van der Waals surface area contributed by atoms with Gasteiger partial charge in [0, 0.05) is 16.6 Å². The number of nitrogens with one attached hydrogen (secondary N) is 1. The van der Waals surface area contributed by atoms with Crippen LogP contribution < -0.4 is 15.9 Å². The number of methoxy groups -OCH3 is 1. The molecule has 0 aromatic heterocycles. The first kappa shape index (κ1) is 14.8. The van der Waals surface area contributed by atoms with Crippen LogP contribution in [0.25, 0.3) is 0 Å². The van der Waals surface area contributed by atoms with Gasteiger partial charge >= 0.3 is 0 Å². The Bertz CT molecular complexity index is 608. The number of thioether (sulfide) groups is 1. The van der Waals surface area contributed by atoms with Crippen molar-refractivity contribution in [2.24, 2.45) is 5.84 Å². The van der Waals surface area contributed by atoms with Gasteiger partial charge in [-0.15, -0.1) is 11.8 Å². The number of nitrogens with zero attached hydrogens (tertiary/aromatic N) is 1. The summed E-state index contributed by atoms with van der Waals surface area (Å²) < 4.78 is 5.24. The maximum absolute atomic E-state index is 12.5. The van der Waals surface area contributed by atoms with Crippen molar-refractivity contribution in [1.82, 2.24) is 5.01 Å². The fraction of sp³-hybridized carbons (Fsp3) is 0.500. The summed E-state index contributed by atoms with van der Waals surface area (Å²) in [5.74, 6) is 6.52. The van der Waals surface area contributed by atoms with Crippen molar-refractivity contribution in [3.05, 3.63) is 17.2 Å². The summed E-state index contributed by atoms with van der Waals surface area (Å²) in [7, 11) is 1.58. The Labute approximate surface area is 133 Å². The Morgan fingerprint density at radius 2 is 2.24 bits per heavy atom. The minimum absolute atomic E-state index is 0.0479. The van der Waals surface area contributed by atoms with Crippen LogP contribution in [-0.2, 0) is 4.79 Å². The van der Waals surface area contributed by atoms with Crippen molar-refractivity contribution >= 4 is 35.0 Å². The van der Waals surface area contributed by atoms with E-state index in [4.69, 9.17) is 22.2 Å². The second-order valence-corrected chi connectivity index (χ2v) is 7.59. The number of hydrogen-bond donors (Lipinski definition) is 2. The van der Waals surface area contributed by atoms with Crippen molar-refractivity contribution in [2.75, 3.05) is 12.4 Å². The number of amides is 1. The summed E-state index contributed by atoms with van der Waals surface area (Å²) in [6.07, 6.45) is 0.788. The minimum Gasteiger partial charge on any atom is -0.495 e. The fourth-order valence-electron chi connectivity index (χ4n) is 2.85. The number of hydrazine groups is 1. The average molecular weight is 328 g/mol. The van der Waals surface area contributed by atoms with Gasteiger partial charge in [-0.3, -0.25) is 9.80 Å². The highest BCUT2D eigenvalue weighted by atomic mass is 35.5. The van der Waals surface area contributed by atoms with Crippen LogP contribution in [0.15, 0.2) is 17.0 Å². The largest absolute Gasteiger partial charge is 0.495 e. The Hall–Kier alpha value is -1.11. The van der Waals surface area contributed by atoms with E-state index in [2.05, 4.69) is 5.32 Å². The van der Waals surface area contributed by atoms with Crippen molar-refractivity contribution in [2.45, 2.75) is 42.0 Å². The molecule has 1 aromatic carbocycles. The zero-order valence-electron chi connectivity index (χ0n) is 12.1. The molecule has 1 saturated heterocycles. The van der Waals surface area contributed by atoms with E-state index in [1.54, 1.807) is 7.11 Å². The lowest BCUT2D eigenvalue weighted by molar-refractivity contribution is -0.140. The topological polar surface area (TPSA) is 67.6 Å². The van der Waals surface area contributed by atoms with Gasteiger partial charge in [0.15, 0.2) is 0 Å². The molecular formula is C14H18ClN3O2S. The number of rotatable bonds is 1. The normalized spacial score (nSPS) is 26.7. The van der Waals surface area contributed by atoms with E-state index in [0.717, 1.165) is 17.0 Å². The molecule has 2 aliphatic rings. The molecule has 3 N–H and O–H groups in total. The van der Waals surface area contributed by atoms with Gasteiger partial charge in [0.2, 0.25) is 0 Å². The van der Waals surface area contributed by atoms with Crippen LogP contribution in [0.2, 0.25) is 5.02 Å². The number of carbonyl (C=O) groups excluding carboxylic acids is 1. The monoisotopic (exact) mass is 327 g/mol. The number of anilines is 1. The number of carbonyl (C=O) groups is 1. The predicted octanol–water partition coefficient (Wildman–Crippen LogP) is 2.49. The highest BCUT2D eigenvalue weighted by Crippen LogP contribution is 2.46. The van der Waals surface area contributed by atoms with Crippen molar-refractivity contribution in [3.63, 3.8) is 0 Å². The molecule has 114 valence electrons. The summed E-state index contributed by atoms with van der Waals surface area (Å²) in [5.41, 5.74) is 0.584. The fourth-order valence-corrected chi connectivity index (χ4v) is 4.33. The quantitative estimate of drug-likeness (QED) is 0.612. The summed E-state index contributed by atoms with van der Waals surface area (Å²) in [5, 5.41) is 5.13. The van der Waals surface area contributed by atoms with Gasteiger partial charge < -0.3 is 10.1 Å². The SMILES string of the molecule is COc1cc2c(cc1Cl)NC1CC(C)(C)N(N)C(=O)C1S2. The summed E-state index contributed by atoms with van der Waals surface area (Å²) >= 11 is 7.69. The molecule has 2 atom stereocenters. The van der Waals surface area contributed by atoms with Crippen LogP contribution in [-0.4, -0.2) is 34.9 Å². The zero-order valence-corrected chi connectivity index (χ0v) is 13.7. The zero-order chi connectivity index (χ0) is 15.4. The smallest absolute Gasteiger partial charge is 0.252 e. The van der Waals surface area contributed by atoms with Crippen molar-refractivity contribution in [1.29, 1.82) is 0 Å². The first-order valence-corrected chi connectivity index (χ1v) is 7.99. The molecule has 7 heteroatoms. The Morgan fingerprint density at radius 1 is 1.52 bits per heavy atom. The van der Waals surface area contributed by atoms with Crippen LogP contribution >= 0.6 is 23.4 Å². The summed E-state index contributed by atoms with van der Waals surface area (Å²) in [6.45, 7) is 3.95. The van der Waals surface area contributed by atoms with E-state index in [1.165, 1.54) is 16.8 Å². The number of halogens is 1. The molecule has 1 aromatic rings. The molecule has 21 heavy (non-hydrogen) atoms. The lowest BCUT2D eigenvalue weighted by atomic mass is 9.87. The maximum atomic E-state index is 12.5. The van der Waals surface area contributed by atoms with Gasteiger partial charge in [-0.25, -0.2) is 5.84 Å². The number of ether oxygens (including phenoxy) is 1. The second-order valence-electron chi connectivity index (χ2n) is 6.00. The lowest BCUT2D eigenvalue weighted by Gasteiger charge is -2.48. The number of hydrogen-bond acceptors (Lipinski definition) is 5. The number of piperidine rings is 1. The first-order chi connectivity index (χ1) is 9.83. The molecule has 1 fully saturated rings. The molecular weight excluding hydrogens is 310 g/mol. The molecule has 2 aliphatic heterocycles. The third kappa shape index (κ3) is 2.35. The van der Waals surface area contributed by atoms with Gasteiger partial charge in [-0.2, -0.15) is 0 Å². The molecule has 2 heterocycles. The average Bonchev–Trinajstić information content (AvgIpc) is 2.42. The van der Waals surface area contributed by atoms with Crippen LogP contribution in [0.1, 0.15) is 20.3 Å². The van der Waals surface area contributed by atoms with Crippen LogP contribution in [0.3, 0.4) is 0 Å². The van der Waals surface area contributed by atoms with E-state index in [0.29, 0.717) is 10.8 Å². The van der Waals surface area contributed by atoms with E-state index in [1.807, 2.05) is 26.0 Å². The van der Waals surface area contributed by atoms with E-state index < -0.39 is 0 Å². The number of nitrogens with two attached hydrogens (primary N) is 1. The van der Waals surface area contributed by atoms with Crippen LogP contribution in [0.4, 0.5) is 5.69 Å². The molecule has 0 aliphatic carbocycles. The van der Waals surface area contributed by atoms with E-state index >= 15 is 0 Å². The third-order valence-electron chi connectivity index (χ3n) is 4.07. The van der Waals surface area contributed by atoms with Gasteiger partial charge in [-0.05, 0) is 32.4 Å². The lowest BCUT2D eigenvalue weighted by Crippen LogP contribution is -2.65. The summed E-state index contributed by atoms with van der Waals surface area (Å²) in [4.78, 5) is 13.4. The first-order valence-electron chi connectivity index (χ1n) is 6.73.